The van der Waals surface area contributed by atoms with Gasteiger partial charge in [0.25, 0.3) is 0 Å². The van der Waals surface area contributed by atoms with Crippen LogP contribution in [-0.2, 0) is 11.3 Å². The Morgan fingerprint density at radius 2 is 1.90 bits per heavy atom. The smallest absolute Gasteiger partial charge is 0.239 e. The van der Waals surface area contributed by atoms with Gasteiger partial charge in [-0.3, -0.25) is 9.48 Å². The van der Waals surface area contributed by atoms with Crippen LogP contribution in [-0.4, -0.2) is 15.7 Å². The van der Waals surface area contributed by atoms with Crippen molar-refractivity contribution in [2.24, 2.45) is 5.73 Å². The van der Waals surface area contributed by atoms with E-state index in [9.17, 15) is 9.18 Å². The molecular weight excluding hydrogens is 257 g/mol. The fourth-order valence-electron chi connectivity index (χ4n) is 1.80. The number of carbonyl (C=O) groups is 1. The van der Waals surface area contributed by atoms with Crippen LogP contribution in [0.2, 0.25) is 0 Å². The number of aryl methyl sites for hydroxylation is 2. The van der Waals surface area contributed by atoms with Gasteiger partial charge in [0.15, 0.2) is 0 Å². The number of halogens is 1. The maximum atomic E-state index is 13.7. The predicted octanol–water partition coefficient (Wildman–Crippen LogP) is 3.33. The Bertz CT molecular complexity index is 590. The lowest BCUT2D eigenvalue weighted by molar-refractivity contribution is -0.118. The van der Waals surface area contributed by atoms with Gasteiger partial charge >= 0.3 is 0 Å². The molecule has 112 valence electrons. The van der Waals surface area contributed by atoms with Gasteiger partial charge in [0.2, 0.25) is 5.91 Å². The second-order valence-corrected chi connectivity index (χ2v) is 4.56. The lowest BCUT2D eigenvalue weighted by Gasteiger charge is -1.99. The molecule has 0 atom stereocenters. The SMILES string of the molecule is C.CCC.Cc1cc(F)c2c(C)n(CC(N)=O)nc2c1. The van der Waals surface area contributed by atoms with Crippen LogP contribution in [0.1, 0.15) is 39.0 Å². The number of nitrogens with zero attached hydrogens (tertiary/aromatic N) is 2. The highest BCUT2D eigenvalue weighted by Crippen LogP contribution is 2.22. The molecule has 0 aliphatic heterocycles. The average Bonchev–Trinajstić information content (AvgIpc) is 2.55. The number of hydrogen-bond donors (Lipinski definition) is 1. The Morgan fingerprint density at radius 3 is 2.40 bits per heavy atom. The van der Waals surface area contributed by atoms with Crippen molar-refractivity contribution in [3.05, 3.63) is 29.2 Å². The first-order chi connectivity index (χ1) is 8.90. The molecule has 0 bridgehead atoms. The van der Waals surface area contributed by atoms with Crippen molar-refractivity contribution < 1.29 is 9.18 Å². The number of carbonyl (C=O) groups excluding carboxylic acids is 1. The van der Waals surface area contributed by atoms with Crippen molar-refractivity contribution in [2.45, 2.75) is 48.1 Å². The van der Waals surface area contributed by atoms with Gasteiger partial charge < -0.3 is 5.73 Å². The maximum Gasteiger partial charge on any atom is 0.239 e. The monoisotopic (exact) mass is 281 g/mol. The second kappa shape index (κ2) is 7.62. The van der Waals surface area contributed by atoms with E-state index < -0.39 is 5.91 Å². The van der Waals surface area contributed by atoms with E-state index in [4.69, 9.17) is 5.73 Å². The summed E-state index contributed by atoms with van der Waals surface area (Å²) in [5, 5.41) is 4.60. The highest BCUT2D eigenvalue weighted by molar-refractivity contribution is 5.83. The molecule has 4 nitrogen and oxygen atoms in total. The van der Waals surface area contributed by atoms with Crippen molar-refractivity contribution in [1.82, 2.24) is 9.78 Å². The van der Waals surface area contributed by atoms with Crippen LogP contribution < -0.4 is 5.73 Å². The van der Waals surface area contributed by atoms with E-state index in [1.165, 1.54) is 17.2 Å². The van der Waals surface area contributed by atoms with Crippen molar-refractivity contribution in [3.8, 4) is 0 Å². The molecule has 0 unspecified atom stereocenters. The third-order valence-electron chi connectivity index (χ3n) is 2.50. The van der Waals surface area contributed by atoms with Gasteiger partial charge in [-0.1, -0.05) is 27.7 Å². The minimum absolute atomic E-state index is 0. The summed E-state index contributed by atoms with van der Waals surface area (Å²) in [6, 6.07) is 3.23. The normalized spacial score (nSPS) is 9.65. The molecular formula is C15H24FN3O. The Kier molecular flexibility index (Phi) is 6.90. The van der Waals surface area contributed by atoms with E-state index >= 15 is 0 Å². The van der Waals surface area contributed by atoms with Gasteiger partial charge in [-0.25, -0.2) is 4.39 Å². The summed E-state index contributed by atoms with van der Waals surface area (Å²) in [6.07, 6.45) is 1.25. The molecule has 1 heterocycles. The molecule has 2 rings (SSSR count). The first kappa shape index (κ1) is 18.1. The van der Waals surface area contributed by atoms with Gasteiger partial charge in [0.1, 0.15) is 12.4 Å². The topological polar surface area (TPSA) is 60.9 Å². The molecule has 5 heteroatoms. The first-order valence-electron chi connectivity index (χ1n) is 6.32. The Balaban J connectivity index is 0.000000830. The second-order valence-electron chi connectivity index (χ2n) is 4.56. The first-order valence-corrected chi connectivity index (χ1v) is 6.32. The molecule has 0 saturated carbocycles. The van der Waals surface area contributed by atoms with E-state index in [0.717, 1.165) is 5.56 Å². The molecule has 0 aliphatic rings. The molecule has 1 aromatic heterocycles. The van der Waals surface area contributed by atoms with Crippen LogP contribution in [0.15, 0.2) is 12.1 Å². The quantitative estimate of drug-likeness (QED) is 0.917. The zero-order valence-corrected chi connectivity index (χ0v) is 11.8. The Morgan fingerprint density at radius 1 is 1.35 bits per heavy atom. The van der Waals surface area contributed by atoms with Crippen molar-refractivity contribution in [2.75, 3.05) is 0 Å². The van der Waals surface area contributed by atoms with Crippen LogP contribution in [0.3, 0.4) is 0 Å². The highest BCUT2D eigenvalue weighted by atomic mass is 19.1. The number of primary amides is 1. The number of aromatic nitrogens is 2. The summed E-state index contributed by atoms with van der Waals surface area (Å²) in [5.41, 5.74) is 7.06. The number of fused-ring (bicyclic) bond motifs is 1. The minimum atomic E-state index is -0.493. The maximum absolute atomic E-state index is 13.7. The highest BCUT2D eigenvalue weighted by Gasteiger charge is 2.13. The predicted molar refractivity (Wildman–Crippen MR) is 81.1 cm³/mol. The average molecular weight is 281 g/mol. The summed E-state index contributed by atoms with van der Waals surface area (Å²) < 4.78 is 15.1. The minimum Gasteiger partial charge on any atom is -0.368 e. The zero-order valence-electron chi connectivity index (χ0n) is 11.8. The lowest BCUT2D eigenvalue weighted by Crippen LogP contribution is -2.20. The van der Waals surface area contributed by atoms with Crippen molar-refractivity contribution in [1.29, 1.82) is 0 Å². The summed E-state index contributed by atoms with van der Waals surface area (Å²) in [7, 11) is 0. The molecule has 0 radical (unpaired) electrons. The fraction of sp³-hybridized carbons (Fsp3) is 0.467. The van der Waals surface area contributed by atoms with Gasteiger partial charge in [-0.15, -0.1) is 0 Å². The summed E-state index contributed by atoms with van der Waals surface area (Å²) in [4.78, 5) is 10.8. The van der Waals surface area contributed by atoms with E-state index in [0.29, 0.717) is 16.6 Å². The van der Waals surface area contributed by atoms with E-state index in [1.54, 1.807) is 19.9 Å². The van der Waals surface area contributed by atoms with Gasteiger partial charge in [-0.05, 0) is 31.5 Å². The molecule has 0 aliphatic carbocycles. The molecule has 0 fully saturated rings. The van der Waals surface area contributed by atoms with E-state index in [2.05, 4.69) is 18.9 Å². The summed E-state index contributed by atoms with van der Waals surface area (Å²) >= 11 is 0. The van der Waals surface area contributed by atoms with Crippen molar-refractivity contribution in [3.63, 3.8) is 0 Å². The van der Waals surface area contributed by atoms with E-state index in [1.807, 2.05) is 0 Å². The van der Waals surface area contributed by atoms with Gasteiger partial charge in [0.05, 0.1) is 10.9 Å². The molecule has 0 saturated heterocycles. The fourth-order valence-corrected chi connectivity index (χ4v) is 1.80. The standard InChI is InChI=1S/C11H12FN3O.C3H8.CH4/c1-6-3-8(12)11-7(2)15(5-10(13)16)14-9(11)4-6;1-3-2;/h3-4H,5H2,1-2H3,(H2,13,16);3H2,1-2H3;1H4. The van der Waals surface area contributed by atoms with Crippen LogP contribution >= 0.6 is 0 Å². The molecule has 1 aromatic carbocycles. The van der Waals surface area contributed by atoms with Crippen LogP contribution in [0.5, 0.6) is 0 Å². The van der Waals surface area contributed by atoms with Gasteiger partial charge in [-0.2, -0.15) is 5.10 Å². The van der Waals surface area contributed by atoms with Crippen LogP contribution in [0, 0.1) is 19.7 Å². The van der Waals surface area contributed by atoms with Crippen molar-refractivity contribution >= 4 is 16.8 Å². The number of rotatable bonds is 2. The molecule has 20 heavy (non-hydrogen) atoms. The molecule has 2 aromatic rings. The van der Waals surface area contributed by atoms with E-state index in [-0.39, 0.29) is 19.8 Å². The Hall–Kier alpha value is -1.91. The zero-order chi connectivity index (χ0) is 14.6. The van der Waals surface area contributed by atoms with Gasteiger partial charge in [0, 0.05) is 5.69 Å². The number of hydrogen-bond acceptors (Lipinski definition) is 2. The molecule has 1 amide bonds. The lowest BCUT2D eigenvalue weighted by atomic mass is 10.1. The van der Waals surface area contributed by atoms with Crippen LogP contribution in [0.25, 0.3) is 10.9 Å². The third-order valence-corrected chi connectivity index (χ3v) is 2.50. The third kappa shape index (κ3) is 4.05. The summed E-state index contributed by atoms with van der Waals surface area (Å²) in [5.74, 6) is -0.809. The van der Waals surface area contributed by atoms with Crippen LogP contribution in [0.4, 0.5) is 4.39 Å². The largest absolute Gasteiger partial charge is 0.368 e. The summed E-state index contributed by atoms with van der Waals surface area (Å²) in [6.45, 7) is 7.74. The molecule has 0 spiro atoms. The Labute approximate surface area is 119 Å². The molecule has 2 N–H and O–H groups in total. The number of amides is 1. The number of benzene rings is 1. The number of nitrogens with two attached hydrogens (primary N) is 1.